The molecule has 0 saturated heterocycles. The molecule has 0 spiro atoms. The number of nitrogens with one attached hydrogen (secondary N) is 1. The maximum absolute atomic E-state index is 5.99. The van der Waals surface area contributed by atoms with Crippen LogP contribution in [0.15, 0.2) is 0 Å². The van der Waals surface area contributed by atoms with E-state index in [2.05, 4.69) is 5.32 Å². The van der Waals surface area contributed by atoms with Crippen LogP contribution >= 0.6 is 0 Å². The van der Waals surface area contributed by atoms with Crippen LogP contribution in [0.25, 0.3) is 0 Å². The molecule has 3 N–H and O–H groups in total. The molecule has 0 aliphatic heterocycles. The third-order valence-electron chi connectivity index (χ3n) is 2.94. The molecule has 0 aromatic rings. The molecule has 1 rings (SSSR count). The van der Waals surface area contributed by atoms with Crippen molar-refractivity contribution in [2.45, 2.75) is 31.4 Å². The van der Waals surface area contributed by atoms with Crippen LogP contribution in [0.5, 0.6) is 0 Å². The zero-order valence-corrected chi connectivity index (χ0v) is 9.87. The van der Waals surface area contributed by atoms with Gasteiger partial charge < -0.3 is 20.5 Å². The Morgan fingerprint density at radius 2 is 2.13 bits per heavy atom. The van der Waals surface area contributed by atoms with E-state index in [4.69, 9.17) is 15.2 Å². The minimum absolute atomic E-state index is 0.146. The largest absolute Gasteiger partial charge is 0.382 e. The predicted molar refractivity (Wildman–Crippen MR) is 60.9 cm³/mol. The summed E-state index contributed by atoms with van der Waals surface area (Å²) < 4.78 is 10.3. The molecule has 0 bridgehead atoms. The lowest BCUT2D eigenvalue weighted by Gasteiger charge is -2.16. The molecule has 4 nitrogen and oxygen atoms in total. The molecule has 90 valence electrons. The third-order valence-corrected chi connectivity index (χ3v) is 2.94. The SMILES string of the molecule is COCC(CNCCC(N)C1CC1)OC. The topological polar surface area (TPSA) is 56.5 Å². The van der Waals surface area contributed by atoms with Crippen LogP contribution in [-0.4, -0.2) is 46.1 Å². The maximum Gasteiger partial charge on any atom is 0.0928 e. The summed E-state index contributed by atoms with van der Waals surface area (Å²) in [5.74, 6) is 0.795. The summed E-state index contributed by atoms with van der Waals surface area (Å²) in [7, 11) is 3.40. The number of ether oxygens (including phenoxy) is 2. The molecular formula is C11H24N2O2. The van der Waals surface area contributed by atoms with E-state index >= 15 is 0 Å². The molecule has 0 aromatic carbocycles. The van der Waals surface area contributed by atoms with Gasteiger partial charge >= 0.3 is 0 Å². The fraction of sp³-hybridized carbons (Fsp3) is 1.00. The molecule has 4 heteroatoms. The minimum atomic E-state index is 0.146. The zero-order valence-electron chi connectivity index (χ0n) is 9.87. The lowest BCUT2D eigenvalue weighted by atomic mass is 10.1. The van der Waals surface area contributed by atoms with Gasteiger partial charge in [0.1, 0.15) is 0 Å². The van der Waals surface area contributed by atoms with E-state index in [-0.39, 0.29) is 6.10 Å². The van der Waals surface area contributed by atoms with Crippen molar-refractivity contribution in [2.75, 3.05) is 33.9 Å². The minimum Gasteiger partial charge on any atom is -0.382 e. The summed E-state index contributed by atoms with van der Waals surface area (Å²) in [4.78, 5) is 0. The lowest BCUT2D eigenvalue weighted by Crippen LogP contribution is -2.35. The van der Waals surface area contributed by atoms with Gasteiger partial charge in [-0.05, 0) is 31.7 Å². The average molecular weight is 216 g/mol. The van der Waals surface area contributed by atoms with Crippen molar-refractivity contribution in [2.24, 2.45) is 11.7 Å². The third kappa shape index (κ3) is 5.47. The van der Waals surface area contributed by atoms with Crippen molar-refractivity contribution < 1.29 is 9.47 Å². The summed E-state index contributed by atoms with van der Waals surface area (Å²) in [6.07, 6.45) is 3.86. The van der Waals surface area contributed by atoms with Crippen molar-refractivity contribution in [3.8, 4) is 0 Å². The normalized spacial score (nSPS) is 20.2. The van der Waals surface area contributed by atoms with Gasteiger partial charge in [0, 0.05) is 26.8 Å². The van der Waals surface area contributed by atoms with E-state index in [9.17, 15) is 0 Å². The van der Waals surface area contributed by atoms with E-state index in [0.717, 1.165) is 25.4 Å². The molecule has 1 aliphatic carbocycles. The Balaban J connectivity index is 1.94. The van der Waals surface area contributed by atoms with E-state index in [1.165, 1.54) is 12.8 Å². The number of hydrogen-bond donors (Lipinski definition) is 2. The van der Waals surface area contributed by atoms with Crippen molar-refractivity contribution in [3.63, 3.8) is 0 Å². The van der Waals surface area contributed by atoms with Crippen molar-refractivity contribution >= 4 is 0 Å². The molecule has 0 radical (unpaired) electrons. The first-order chi connectivity index (χ1) is 7.27. The summed E-state index contributed by atoms with van der Waals surface area (Å²) >= 11 is 0. The van der Waals surface area contributed by atoms with E-state index in [1.54, 1.807) is 14.2 Å². The molecule has 2 atom stereocenters. The quantitative estimate of drug-likeness (QED) is 0.547. The molecule has 1 saturated carbocycles. The van der Waals surface area contributed by atoms with Gasteiger partial charge in [-0.15, -0.1) is 0 Å². The van der Waals surface area contributed by atoms with Crippen molar-refractivity contribution in [3.05, 3.63) is 0 Å². The highest BCUT2D eigenvalue weighted by Gasteiger charge is 2.27. The second kappa shape index (κ2) is 7.17. The highest BCUT2D eigenvalue weighted by Crippen LogP contribution is 2.32. The molecule has 0 amide bonds. The second-order valence-electron chi connectivity index (χ2n) is 4.31. The predicted octanol–water partition coefficient (Wildman–Crippen LogP) is 0.365. The Morgan fingerprint density at radius 1 is 1.40 bits per heavy atom. The summed E-state index contributed by atoms with van der Waals surface area (Å²) in [5.41, 5.74) is 5.99. The van der Waals surface area contributed by atoms with Crippen LogP contribution < -0.4 is 11.1 Å². The summed E-state index contributed by atoms with van der Waals surface area (Å²) in [6.45, 7) is 2.45. The Morgan fingerprint density at radius 3 is 2.67 bits per heavy atom. The van der Waals surface area contributed by atoms with Gasteiger partial charge in [0.15, 0.2) is 0 Å². The van der Waals surface area contributed by atoms with E-state index in [1.807, 2.05) is 0 Å². The Kier molecular flexibility index (Phi) is 6.17. The number of hydrogen-bond acceptors (Lipinski definition) is 4. The highest BCUT2D eigenvalue weighted by atomic mass is 16.5. The van der Waals surface area contributed by atoms with E-state index < -0.39 is 0 Å². The number of nitrogens with two attached hydrogens (primary N) is 1. The first-order valence-corrected chi connectivity index (χ1v) is 5.76. The molecule has 0 aromatic heterocycles. The second-order valence-corrected chi connectivity index (χ2v) is 4.31. The molecule has 1 fully saturated rings. The van der Waals surface area contributed by atoms with E-state index in [0.29, 0.717) is 12.6 Å². The molecule has 1 aliphatic rings. The Hall–Kier alpha value is -0.160. The van der Waals surface area contributed by atoms with Crippen LogP contribution in [0.4, 0.5) is 0 Å². The van der Waals surface area contributed by atoms with Gasteiger partial charge in [-0.25, -0.2) is 0 Å². The lowest BCUT2D eigenvalue weighted by molar-refractivity contribution is 0.0289. The fourth-order valence-electron chi connectivity index (χ4n) is 1.69. The summed E-state index contributed by atoms with van der Waals surface area (Å²) in [5, 5.41) is 3.35. The standard InChI is InChI=1S/C11H24N2O2/c1-14-8-10(15-2)7-13-6-5-11(12)9-3-4-9/h9-11,13H,3-8,12H2,1-2H3. The van der Waals surface area contributed by atoms with Gasteiger partial charge in [0.2, 0.25) is 0 Å². The van der Waals surface area contributed by atoms with Gasteiger partial charge in [0.05, 0.1) is 12.7 Å². The Bertz CT molecular complexity index is 163. The number of rotatable bonds is 9. The van der Waals surface area contributed by atoms with Crippen LogP contribution in [0, 0.1) is 5.92 Å². The average Bonchev–Trinajstić information content (AvgIpc) is 3.05. The number of methoxy groups -OCH3 is 2. The van der Waals surface area contributed by atoms with Gasteiger partial charge in [-0.1, -0.05) is 0 Å². The smallest absolute Gasteiger partial charge is 0.0928 e. The first kappa shape index (κ1) is 12.9. The molecular weight excluding hydrogens is 192 g/mol. The zero-order chi connectivity index (χ0) is 11.1. The van der Waals surface area contributed by atoms with Crippen molar-refractivity contribution in [1.29, 1.82) is 0 Å². The molecule has 0 heterocycles. The van der Waals surface area contributed by atoms with Crippen LogP contribution in [-0.2, 0) is 9.47 Å². The Labute approximate surface area is 92.5 Å². The molecule has 2 unspecified atom stereocenters. The van der Waals surface area contributed by atoms with Gasteiger partial charge in [0.25, 0.3) is 0 Å². The summed E-state index contributed by atoms with van der Waals surface area (Å²) in [6, 6.07) is 0.390. The maximum atomic E-state index is 5.99. The van der Waals surface area contributed by atoms with Crippen molar-refractivity contribution in [1.82, 2.24) is 5.32 Å². The van der Waals surface area contributed by atoms with Crippen LogP contribution in [0.1, 0.15) is 19.3 Å². The highest BCUT2D eigenvalue weighted by molar-refractivity contribution is 4.84. The molecule has 15 heavy (non-hydrogen) atoms. The van der Waals surface area contributed by atoms with Gasteiger partial charge in [-0.2, -0.15) is 0 Å². The fourth-order valence-corrected chi connectivity index (χ4v) is 1.69. The van der Waals surface area contributed by atoms with Crippen LogP contribution in [0.3, 0.4) is 0 Å². The van der Waals surface area contributed by atoms with Crippen LogP contribution in [0.2, 0.25) is 0 Å². The first-order valence-electron chi connectivity index (χ1n) is 5.76. The van der Waals surface area contributed by atoms with Gasteiger partial charge in [-0.3, -0.25) is 0 Å². The monoisotopic (exact) mass is 216 g/mol.